The van der Waals surface area contributed by atoms with Crippen molar-refractivity contribution in [2.24, 2.45) is 0 Å². The van der Waals surface area contributed by atoms with Crippen LogP contribution in [0.5, 0.6) is 17.2 Å². The molecular formula is C15H12O5. The Hall–Kier alpha value is -2.53. The van der Waals surface area contributed by atoms with Crippen LogP contribution in [-0.4, -0.2) is 21.1 Å². The molecule has 3 rings (SSSR count). The van der Waals surface area contributed by atoms with Crippen molar-refractivity contribution >= 4 is 5.78 Å². The van der Waals surface area contributed by atoms with Crippen LogP contribution in [0.1, 0.15) is 22.3 Å². The molecule has 1 atom stereocenters. The summed E-state index contributed by atoms with van der Waals surface area (Å²) >= 11 is 0. The van der Waals surface area contributed by atoms with Crippen molar-refractivity contribution in [2.75, 3.05) is 0 Å². The number of phenols is 2. The molecule has 5 heteroatoms. The number of ether oxygens (including phenoxy) is 1. The van der Waals surface area contributed by atoms with Crippen molar-refractivity contribution in [3.63, 3.8) is 0 Å². The number of rotatable bonds is 1. The average Bonchev–Trinajstić information content (AvgIpc) is 2.38. The number of phenolic OH excluding ortho intramolecular Hbond substituents is 2. The van der Waals surface area contributed by atoms with E-state index in [9.17, 15) is 20.1 Å². The van der Waals surface area contributed by atoms with Gasteiger partial charge in [0.25, 0.3) is 0 Å². The number of aliphatic hydroxyl groups is 1. The van der Waals surface area contributed by atoms with Crippen molar-refractivity contribution in [1.29, 1.82) is 0 Å². The van der Waals surface area contributed by atoms with Crippen LogP contribution < -0.4 is 4.74 Å². The minimum absolute atomic E-state index is 0.0246. The molecule has 1 aliphatic heterocycles. The Morgan fingerprint density at radius 1 is 1.10 bits per heavy atom. The Balaban J connectivity index is 2.11. The van der Waals surface area contributed by atoms with E-state index in [0.717, 1.165) is 6.07 Å². The van der Waals surface area contributed by atoms with Gasteiger partial charge < -0.3 is 20.1 Å². The van der Waals surface area contributed by atoms with E-state index in [1.54, 1.807) is 30.3 Å². The summed E-state index contributed by atoms with van der Waals surface area (Å²) in [5.74, 6) is -2.89. The first kappa shape index (κ1) is 12.5. The molecule has 0 unspecified atom stereocenters. The highest BCUT2D eigenvalue weighted by molar-refractivity contribution is 6.03. The lowest BCUT2D eigenvalue weighted by Gasteiger charge is -2.33. The highest BCUT2D eigenvalue weighted by Crippen LogP contribution is 2.43. The zero-order chi connectivity index (χ0) is 14.3. The molecule has 0 radical (unpaired) electrons. The Bertz CT molecular complexity index is 680. The SMILES string of the molecule is O=C1C[C@](O)(c2ccccc2)Oc2cc(O)cc(O)c21. The van der Waals surface area contributed by atoms with Gasteiger partial charge in [0.1, 0.15) is 22.8 Å². The van der Waals surface area contributed by atoms with Crippen molar-refractivity contribution in [3.8, 4) is 17.2 Å². The van der Waals surface area contributed by atoms with Crippen LogP contribution in [0.15, 0.2) is 42.5 Å². The second-order valence-corrected chi connectivity index (χ2v) is 4.69. The van der Waals surface area contributed by atoms with Crippen LogP contribution in [0.3, 0.4) is 0 Å². The van der Waals surface area contributed by atoms with Crippen molar-refractivity contribution in [2.45, 2.75) is 12.2 Å². The topological polar surface area (TPSA) is 87.0 Å². The van der Waals surface area contributed by atoms with Gasteiger partial charge in [0.2, 0.25) is 5.79 Å². The fourth-order valence-corrected chi connectivity index (χ4v) is 2.33. The van der Waals surface area contributed by atoms with Gasteiger partial charge in [-0.05, 0) is 0 Å². The second kappa shape index (κ2) is 4.25. The van der Waals surface area contributed by atoms with E-state index in [0.29, 0.717) is 5.56 Å². The summed E-state index contributed by atoms with van der Waals surface area (Å²) in [5, 5.41) is 29.7. The lowest BCUT2D eigenvalue weighted by molar-refractivity contribution is -0.147. The first-order valence-corrected chi connectivity index (χ1v) is 6.06. The lowest BCUT2D eigenvalue weighted by Crippen LogP contribution is -2.39. The highest BCUT2D eigenvalue weighted by Gasteiger charge is 2.41. The molecule has 2 aromatic carbocycles. The predicted octanol–water partition coefficient (Wildman–Crippen LogP) is 1.91. The molecule has 0 bridgehead atoms. The van der Waals surface area contributed by atoms with Crippen molar-refractivity contribution in [3.05, 3.63) is 53.6 Å². The van der Waals surface area contributed by atoms with Crippen LogP contribution in [-0.2, 0) is 5.79 Å². The summed E-state index contributed by atoms with van der Waals surface area (Å²) < 4.78 is 5.45. The largest absolute Gasteiger partial charge is 0.508 e. The minimum Gasteiger partial charge on any atom is -0.508 e. The number of carbonyl (C=O) groups is 1. The summed E-state index contributed by atoms with van der Waals surface area (Å²) in [6, 6.07) is 10.8. The molecule has 0 aromatic heterocycles. The van der Waals surface area contributed by atoms with E-state index < -0.39 is 11.6 Å². The van der Waals surface area contributed by atoms with E-state index in [1.165, 1.54) is 6.07 Å². The summed E-state index contributed by atoms with van der Waals surface area (Å²) in [4.78, 5) is 12.1. The van der Waals surface area contributed by atoms with Crippen molar-refractivity contribution < 1.29 is 24.9 Å². The molecule has 2 aromatic rings. The van der Waals surface area contributed by atoms with E-state index in [-0.39, 0.29) is 29.2 Å². The molecule has 5 nitrogen and oxygen atoms in total. The zero-order valence-electron chi connectivity index (χ0n) is 10.4. The monoisotopic (exact) mass is 272 g/mol. The molecule has 0 amide bonds. The van der Waals surface area contributed by atoms with E-state index in [4.69, 9.17) is 4.74 Å². The molecule has 0 saturated carbocycles. The maximum absolute atomic E-state index is 12.1. The number of Topliss-reactive ketones (excluding diaryl/α,β-unsaturated/α-hetero) is 1. The Labute approximate surface area is 114 Å². The van der Waals surface area contributed by atoms with Gasteiger partial charge in [-0.15, -0.1) is 0 Å². The smallest absolute Gasteiger partial charge is 0.242 e. The van der Waals surface area contributed by atoms with Crippen LogP contribution in [0, 0.1) is 0 Å². The summed E-state index contributed by atoms with van der Waals surface area (Å²) in [5.41, 5.74) is 0.408. The molecule has 3 N–H and O–H groups in total. The van der Waals surface area contributed by atoms with Gasteiger partial charge in [-0.25, -0.2) is 0 Å². The molecule has 102 valence electrons. The normalized spacial score (nSPS) is 21.1. The third kappa shape index (κ3) is 1.88. The number of aromatic hydroxyl groups is 2. The van der Waals surface area contributed by atoms with Gasteiger partial charge in [0, 0.05) is 17.7 Å². The van der Waals surface area contributed by atoms with E-state index >= 15 is 0 Å². The Kier molecular flexibility index (Phi) is 2.65. The average molecular weight is 272 g/mol. The lowest BCUT2D eigenvalue weighted by atomic mass is 9.92. The fraction of sp³-hybridized carbons (Fsp3) is 0.133. The van der Waals surface area contributed by atoms with Gasteiger partial charge in [-0.2, -0.15) is 0 Å². The van der Waals surface area contributed by atoms with Gasteiger partial charge in [-0.3, -0.25) is 4.79 Å². The Morgan fingerprint density at radius 3 is 2.50 bits per heavy atom. The number of ketones is 1. The van der Waals surface area contributed by atoms with Crippen LogP contribution in [0.2, 0.25) is 0 Å². The number of carbonyl (C=O) groups excluding carboxylic acids is 1. The van der Waals surface area contributed by atoms with Crippen LogP contribution in [0.4, 0.5) is 0 Å². The predicted molar refractivity (Wildman–Crippen MR) is 69.7 cm³/mol. The zero-order valence-corrected chi connectivity index (χ0v) is 10.4. The molecule has 0 aliphatic carbocycles. The van der Waals surface area contributed by atoms with Crippen LogP contribution in [0.25, 0.3) is 0 Å². The standard InChI is InChI=1S/C15H12O5/c16-10-6-11(17)14-12(18)8-15(19,20-13(14)7-10)9-4-2-1-3-5-9/h1-7,16-17,19H,8H2/t15-/m1/s1. The van der Waals surface area contributed by atoms with E-state index in [1.807, 2.05) is 0 Å². The number of fused-ring (bicyclic) bond motifs is 1. The van der Waals surface area contributed by atoms with Crippen molar-refractivity contribution in [1.82, 2.24) is 0 Å². The molecular weight excluding hydrogens is 260 g/mol. The Morgan fingerprint density at radius 2 is 1.80 bits per heavy atom. The van der Waals surface area contributed by atoms with Gasteiger partial charge in [0.15, 0.2) is 5.78 Å². The number of benzene rings is 2. The first-order valence-electron chi connectivity index (χ1n) is 6.06. The van der Waals surface area contributed by atoms with Crippen LogP contribution >= 0.6 is 0 Å². The summed E-state index contributed by atoms with van der Waals surface area (Å²) in [7, 11) is 0. The highest BCUT2D eigenvalue weighted by atomic mass is 16.6. The minimum atomic E-state index is -1.80. The number of hydrogen-bond donors (Lipinski definition) is 3. The summed E-state index contributed by atoms with van der Waals surface area (Å²) in [6.45, 7) is 0. The maximum Gasteiger partial charge on any atom is 0.242 e. The quantitative estimate of drug-likeness (QED) is 0.738. The molecule has 0 spiro atoms. The van der Waals surface area contributed by atoms with Gasteiger partial charge in [-0.1, -0.05) is 30.3 Å². The third-order valence-electron chi connectivity index (χ3n) is 3.25. The first-order chi connectivity index (χ1) is 9.49. The fourth-order valence-electron chi connectivity index (χ4n) is 2.33. The van der Waals surface area contributed by atoms with Gasteiger partial charge in [0.05, 0.1) is 6.42 Å². The molecule has 1 heterocycles. The van der Waals surface area contributed by atoms with Gasteiger partial charge >= 0.3 is 0 Å². The molecule has 0 saturated heterocycles. The molecule has 0 fully saturated rings. The third-order valence-corrected chi connectivity index (χ3v) is 3.25. The second-order valence-electron chi connectivity index (χ2n) is 4.69. The molecule has 20 heavy (non-hydrogen) atoms. The molecule has 1 aliphatic rings. The maximum atomic E-state index is 12.1. The summed E-state index contributed by atoms with van der Waals surface area (Å²) in [6.07, 6.45) is -0.303. The van der Waals surface area contributed by atoms with E-state index in [2.05, 4.69) is 0 Å². The number of hydrogen-bond acceptors (Lipinski definition) is 5.